The van der Waals surface area contributed by atoms with Crippen LogP contribution in [0.15, 0.2) is 24.3 Å². The average Bonchev–Trinajstić information content (AvgIpc) is 2.37. The molecular weight excluding hydrogens is 379 g/mol. The van der Waals surface area contributed by atoms with Crippen LogP contribution in [0.1, 0.15) is 0 Å². The summed E-state index contributed by atoms with van der Waals surface area (Å²) < 4.78 is 31.4. The second-order valence-electron chi connectivity index (χ2n) is 4.57. The third-order valence-electron chi connectivity index (χ3n) is 3.23. The van der Waals surface area contributed by atoms with Crippen LogP contribution in [-0.2, 0) is 10.1 Å². The molecule has 0 aromatic heterocycles. The Bertz CT molecular complexity index is 528. The molecule has 0 aliphatic carbocycles. The number of hydrogen-bond donors (Lipinski definition) is 1. The lowest BCUT2D eigenvalue weighted by Crippen LogP contribution is -2.47. The second kappa shape index (κ2) is 6.38. The van der Waals surface area contributed by atoms with Gasteiger partial charge < -0.3 is 4.90 Å². The van der Waals surface area contributed by atoms with E-state index in [-0.39, 0.29) is 5.75 Å². The molecule has 1 N–H and O–H groups in total. The summed E-state index contributed by atoms with van der Waals surface area (Å²) in [5, 5.41) is 0. The highest BCUT2D eigenvalue weighted by Gasteiger charge is 2.19. The van der Waals surface area contributed by atoms with Crippen molar-refractivity contribution in [3.8, 4) is 0 Å². The van der Waals surface area contributed by atoms with Crippen molar-refractivity contribution in [2.24, 2.45) is 0 Å². The number of piperazine rings is 1. The first-order valence-corrected chi connectivity index (χ1v) is 8.81. The molecule has 1 aliphatic heterocycles. The summed E-state index contributed by atoms with van der Waals surface area (Å²) in [4.78, 5) is 4.38. The van der Waals surface area contributed by atoms with E-state index in [1.54, 1.807) is 0 Å². The molecule has 0 radical (unpaired) electrons. The van der Waals surface area contributed by atoms with E-state index in [4.69, 9.17) is 4.55 Å². The van der Waals surface area contributed by atoms with Crippen molar-refractivity contribution in [2.75, 3.05) is 43.4 Å². The molecule has 0 bridgehead atoms. The largest absolute Gasteiger partial charge is 0.368 e. The van der Waals surface area contributed by atoms with Crippen molar-refractivity contribution < 1.29 is 13.0 Å². The van der Waals surface area contributed by atoms with Gasteiger partial charge in [-0.05, 0) is 34.7 Å². The SMILES string of the molecule is O=S(=O)(O)CCN1CCN(c2ccccc2I)CC1. The van der Waals surface area contributed by atoms with E-state index in [0.29, 0.717) is 6.54 Å². The van der Waals surface area contributed by atoms with Gasteiger partial charge in [-0.1, -0.05) is 12.1 Å². The number of rotatable bonds is 4. The molecule has 1 aliphatic rings. The molecule has 2 rings (SSSR count). The third kappa shape index (κ3) is 4.59. The minimum absolute atomic E-state index is 0.185. The normalized spacial score (nSPS) is 17.7. The van der Waals surface area contributed by atoms with Crippen LogP contribution in [0.25, 0.3) is 0 Å². The lowest BCUT2D eigenvalue weighted by Gasteiger charge is -2.36. The van der Waals surface area contributed by atoms with Gasteiger partial charge in [-0.2, -0.15) is 8.42 Å². The number of anilines is 1. The maximum absolute atomic E-state index is 10.7. The number of halogens is 1. The van der Waals surface area contributed by atoms with Crippen LogP contribution < -0.4 is 4.90 Å². The Kier molecular flexibility index (Phi) is 5.04. The number of benzene rings is 1. The standard InChI is InChI=1S/C12H17IN2O3S/c13-11-3-1-2-4-12(11)15-7-5-14(6-8-15)9-10-19(16,17)18/h1-4H,5-10H2,(H,16,17,18). The van der Waals surface area contributed by atoms with Gasteiger partial charge in [-0.3, -0.25) is 9.45 Å². The fourth-order valence-corrected chi connectivity index (χ4v) is 3.38. The highest BCUT2D eigenvalue weighted by molar-refractivity contribution is 14.1. The summed E-state index contributed by atoms with van der Waals surface area (Å²) in [5.74, 6) is -0.185. The molecule has 5 nitrogen and oxygen atoms in total. The second-order valence-corrected chi connectivity index (χ2v) is 7.30. The van der Waals surface area contributed by atoms with E-state index in [1.165, 1.54) is 9.26 Å². The predicted octanol–water partition coefficient (Wildman–Crippen LogP) is 1.30. The molecule has 0 unspecified atom stereocenters. The molecule has 0 amide bonds. The van der Waals surface area contributed by atoms with Gasteiger partial charge in [0.05, 0.1) is 11.4 Å². The minimum atomic E-state index is -3.85. The summed E-state index contributed by atoms with van der Waals surface area (Å²) >= 11 is 2.33. The Morgan fingerprint density at radius 2 is 1.79 bits per heavy atom. The van der Waals surface area contributed by atoms with Gasteiger partial charge in [-0.25, -0.2) is 0 Å². The first-order valence-electron chi connectivity index (χ1n) is 6.13. The molecule has 0 saturated carbocycles. The molecule has 1 aromatic carbocycles. The molecule has 1 fully saturated rings. The number of nitrogens with zero attached hydrogens (tertiary/aromatic N) is 2. The summed E-state index contributed by atoms with van der Waals surface area (Å²) in [5.41, 5.74) is 1.23. The van der Waals surface area contributed by atoms with Gasteiger partial charge in [0.15, 0.2) is 0 Å². The third-order valence-corrected chi connectivity index (χ3v) is 4.84. The van der Waals surface area contributed by atoms with E-state index >= 15 is 0 Å². The highest BCUT2D eigenvalue weighted by Crippen LogP contribution is 2.23. The first kappa shape index (κ1) is 15.0. The first-order chi connectivity index (χ1) is 8.96. The monoisotopic (exact) mass is 396 g/mol. The Labute approximate surface area is 127 Å². The molecule has 1 aromatic rings. The van der Waals surface area contributed by atoms with E-state index in [0.717, 1.165) is 26.2 Å². The molecule has 0 atom stereocenters. The average molecular weight is 396 g/mol. The molecule has 0 spiro atoms. The van der Waals surface area contributed by atoms with Gasteiger partial charge in [0.25, 0.3) is 10.1 Å². The zero-order chi connectivity index (χ0) is 13.9. The summed E-state index contributed by atoms with van der Waals surface area (Å²) in [6, 6.07) is 8.24. The fourth-order valence-electron chi connectivity index (χ4n) is 2.17. The number of hydrogen-bond acceptors (Lipinski definition) is 4. The molecule has 1 saturated heterocycles. The minimum Gasteiger partial charge on any atom is -0.368 e. The molecule has 7 heteroatoms. The van der Waals surface area contributed by atoms with Gasteiger partial charge in [-0.15, -0.1) is 0 Å². The number of para-hydroxylation sites is 1. The highest BCUT2D eigenvalue weighted by atomic mass is 127. The van der Waals surface area contributed by atoms with Gasteiger partial charge in [0, 0.05) is 36.3 Å². The molecule has 106 valence electrons. The smallest absolute Gasteiger partial charge is 0.266 e. The fraction of sp³-hybridized carbons (Fsp3) is 0.500. The molecule has 19 heavy (non-hydrogen) atoms. The zero-order valence-corrected chi connectivity index (χ0v) is 13.5. The Morgan fingerprint density at radius 1 is 1.16 bits per heavy atom. The van der Waals surface area contributed by atoms with E-state index < -0.39 is 10.1 Å². The summed E-state index contributed by atoms with van der Waals surface area (Å²) in [6.07, 6.45) is 0. The maximum atomic E-state index is 10.7. The lowest BCUT2D eigenvalue weighted by molar-refractivity contribution is 0.270. The van der Waals surface area contributed by atoms with Crippen LogP contribution >= 0.6 is 22.6 Å². The van der Waals surface area contributed by atoms with E-state index in [1.807, 2.05) is 12.1 Å². The molecular formula is C12H17IN2O3S. The Balaban J connectivity index is 1.88. The van der Waals surface area contributed by atoms with Crippen molar-refractivity contribution in [1.82, 2.24) is 4.90 Å². The van der Waals surface area contributed by atoms with Crippen LogP contribution in [0.3, 0.4) is 0 Å². The van der Waals surface area contributed by atoms with Crippen LogP contribution in [0, 0.1) is 3.57 Å². The van der Waals surface area contributed by atoms with Crippen LogP contribution in [0.5, 0.6) is 0 Å². The van der Waals surface area contributed by atoms with Crippen LogP contribution in [-0.4, -0.2) is 56.3 Å². The topological polar surface area (TPSA) is 60.9 Å². The maximum Gasteiger partial charge on any atom is 0.266 e. The van der Waals surface area contributed by atoms with Crippen molar-refractivity contribution >= 4 is 38.4 Å². The van der Waals surface area contributed by atoms with E-state index in [9.17, 15) is 8.42 Å². The quantitative estimate of drug-likeness (QED) is 0.614. The Hall–Kier alpha value is -0.380. The summed E-state index contributed by atoms with van der Waals surface area (Å²) in [6.45, 7) is 3.80. The van der Waals surface area contributed by atoms with Crippen molar-refractivity contribution in [3.63, 3.8) is 0 Å². The lowest BCUT2D eigenvalue weighted by atomic mass is 10.2. The summed E-state index contributed by atoms with van der Waals surface area (Å²) in [7, 11) is -3.85. The van der Waals surface area contributed by atoms with Gasteiger partial charge >= 0.3 is 0 Å². The van der Waals surface area contributed by atoms with Crippen molar-refractivity contribution in [3.05, 3.63) is 27.8 Å². The van der Waals surface area contributed by atoms with Crippen molar-refractivity contribution in [2.45, 2.75) is 0 Å². The van der Waals surface area contributed by atoms with E-state index in [2.05, 4.69) is 44.5 Å². The Morgan fingerprint density at radius 3 is 2.37 bits per heavy atom. The van der Waals surface area contributed by atoms with Crippen molar-refractivity contribution in [1.29, 1.82) is 0 Å². The predicted molar refractivity (Wildman–Crippen MR) is 84.2 cm³/mol. The van der Waals surface area contributed by atoms with Gasteiger partial charge in [0.2, 0.25) is 0 Å². The van der Waals surface area contributed by atoms with Gasteiger partial charge in [0.1, 0.15) is 0 Å². The zero-order valence-electron chi connectivity index (χ0n) is 10.5. The molecule has 1 heterocycles. The van der Waals surface area contributed by atoms with Crippen LogP contribution in [0.4, 0.5) is 5.69 Å². The van der Waals surface area contributed by atoms with Crippen LogP contribution in [0.2, 0.25) is 0 Å².